The van der Waals surface area contributed by atoms with Crippen LogP contribution in [0.15, 0.2) is 35.9 Å². The number of benzene rings is 2. The first-order valence-corrected chi connectivity index (χ1v) is 9.10. The number of hydrogen-bond acceptors (Lipinski definition) is 6. The molecule has 6 heteroatoms. The van der Waals surface area contributed by atoms with Gasteiger partial charge in [-0.05, 0) is 55.8 Å². The minimum Gasteiger partial charge on any atom is -0.492 e. The third kappa shape index (κ3) is 3.76. The van der Waals surface area contributed by atoms with E-state index in [1.54, 1.807) is 26.2 Å². The van der Waals surface area contributed by atoms with Gasteiger partial charge in [0.15, 0.2) is 17.3 Å². The van der Waals surface area contributed by atoms with Crippen molar-refractivity contribution in [2.24, 2.45) is 0 Å². The fraction of sp³-hybridized carbons (Fsp3) is 0.318. The van der Waals surface area contributed by atoms with Crippen LogP contribution in [0.3, 0.4) is 0 Å². The third-order valence-electron chi connectivity index (χ3n) is 4.46. The van der Waals surface area contributed by atoms with E-state index in [-0.39, 0.29) is 12.6 Å². The molecule has 28 heavy (non-hydrogen) atoms. The molecule has 0 aromatic heterocycles. The van der Waals surface area contributed by atoms with Gasteiger partial charge in [-0.15, -0.1) is 0 Å². The van der Waals surface area contributed by atoms with Crippen LogP contribution in [0.2, 0.25) is 0 Å². The molecule has 0 saturated heterocycles. The molecule has 0 radical (unpaired) electrons. The van der Waals surface area contributed by atoms with Gasteiger partial charge in [-0.3, -0.25) is 4.79 Å². The van der Waals surface area contributed by atoms with E-state index < -0.39 is 0 Å². The molecule has 0 N–H and O–H groups in total. The highest BCUT2D eigenvalue weighted by atomic mass is 16.7. The number of nitrogens with zero attached hydrogens (tertiary/aromatic N) is 1. The number of carbonyl (C=O) groups is 1. The van der Waals surface area contributed by atoms with Gasteiger partial charge in [0.25, 0.3) is 0 Å². The fourth-order valence-corrected chi connectivity index (χ4v) is 3.10. The van der Waals surface area contributed by atoms with Crippen LogP contribution in [0.4, 0.5) is 5.69 Å². The van der Waals surface area contributed by atoms with E-state index in [0.717, 1.165) is 17.0 Å². The molecule has 2 aromatic rings. The lowest BCUT2D eigenvalue weighted by Gasteiger charge is -2.18. The third-order valence-corrected chi connectivity index (χ3v) is 4.46. The number of anilines is 1. The molecule has 0 amide bonds. The van der Waals surface area contributed by atoms with Gasteiger partial charge in [-0.2, -0.15) is 0 Å². The summed E-state index contributed by atoms with van der Waals surface area (Å²) in [5, 5.41) is 0. The van der Waals surface area contributed by atoms with Gasteiger partial charge in [0, 0.05) is 25.2 Å². The van der Waals surface area contributed by atoms with Crippen molar-refractivity contribution >= 4 is 17.5 Å². The zero-order valence-electron chi connectivity index (χ0n) is 16.9. The first-order chi connectivity index (χ1) is 13.5. The Morgan fingerprint density at radius 3 is 2.68 bits per heavy atom. The highest BCUT2D eigenvalue weighted by Crippen LogP contribution is 2.43. The van der Waals surface area contributed by atoms with E-state index >= 15 is 0 Å². The van der Waals surface area contributed by atoms with Gasteiger partial charge in [0.05, 0.1) is 19.4 Å². The minimum atomic E-state index is -0.0640. The Bertz CT molecular complexity index is 917. The van der Waals surface area contributed by atoms with Crippen molar-refractivity contribution in [2.45, 2.75) is 13.8 Å². The Hall–Kier alpha value is -3.15. The maximum absolute atomic E-state index is 13.0. The molecule has 0 bridgehead atoms. The van der Waals surface area contributed by atoms with Crippen molar-refractivity contribution in [2.75, 3.05) is 39.5 Å². The summed E-state index contributed by atoms with van der Waals surface area (Å²) in [7, 11) is 5.42. The smallest absolute Gasteiger partial charge is 0.231 e. The summed E-state index contributed by atoms with van der Waals surface area (Å²) in [5.41, 5.74) is 2.81. The number of methoxy groups -OCH3 is 1. The van der Waals surface area contributed by atoms with Gasteiger partial charge in [-0.1, -0.05) is 0 Å². The maximum atomic E-state index is 13.0. The van der Waals surface area contributed by atoms with Gasteiger partial charge in [0.2, 0.25) is 12.5 Å². The molecule has 0 aliphatic carbocycles. The second-order valence-corrected chi connectivity index (χ2v) is 6.59. The van der Waals surface area contributed by atoms with Crippen molar-refractivity contribution < 1.29 is 23.7 Å². The lowest BCUT2D eigenvalue weighted by atomic mass is 10.0. The Morgan fingerprint density at radius 1 is 1.21 bits per heavy atom. The predicted molar refractivity (Wildman–Crippen MR) is 109 cm³/mol. The van der Waals surface area contributed by atoms with Crippen molar-refractivity contribution in [1.82, 2.24) is 0 Å². The SMILES string of the molecule is CCOc1ccc(C(=O)/C(C)=C/c2ccc3c(c2OC)OCO3)cc1N(C)C. The minimum absolute atomic E-state index is 0.0640. The standard InChI is InChI=1S/C22H25NO5/c1-6-26-18-9-7-15(12-17(18)23(3)4)20(24)14(2)11-16-8-10-19-22(21(16)25-5)28-13-27-19/h7-12H,6,13H2,1-5H3/b14-11+. The van der Waals surface area contributed by atoms with E-state index in [4.69, 9.17) is 18.9 Å². The number of hydrogen-bond donors (Lipinski definition) is 0. The molecule has 3 rings (SSSR count). The second-order valence-electron chi connectivity index (χ2n) is 6.59. The van der Waals surface area contributed by atoms with Crippen molar-refractivity contribution in [3.8, 4) is 23.0 Å². The first kappa shape index (κ1) is 19.6. The van der Waals surface area contributed by atoms with Crippen molar-refractivity contribution in [3.05, 3.63) is 47.0 Å². The van der Waals surface area contributed by atoms with Gasteiger partial charge in [-0.25, -0.2) is 0 Å². The van der Waals surface area contributed by atoms with Crippen molar-refractivity contribution in [3.63, 3.8) is 0 Å². The number of carbonyl (C=O) groups excluding carboxylic acids is 1. The largest absolute Gasteiger partial charge is 0.492 e. The lowest BCUT2D eigenvalue weighted by molar-refractivity contribution is 0.103. The number of allylic oxidation sites excluding steroid dienone is 1. The van der Waals surface area contributed by atoms with Crippen LogP contribution in [0.1, 0.15) is 29.8 Å². The Kier molecular flexibility index (Phi) is 5.78. The zero-order chi connectivity index (χ0) is 20.3. The maximum Gasteiger partial charge on any atom is 0.231 e. The fourth-order valence-electron chi connectivity index (χ4n) is 3.10. The van der Waals surface area contributed by atoms with E-state index in [9.17, 15) is 4.79 Å². The summed E-state index contributed by atoms with van der Waals surface area (Å²) in [5.74, 6) is 2.45. The van der Waals surface area contributed by atoms with Crippen molar-refractivity contribution in [1.29, 1.82) is 0 Å². The average Bonchev–Trinajstić information content (AvgIpc) is 3.16. The molecule has 6 nitrogen and oxygen atoms in total. The molecule has 0 spiro atoms. The van der Waals surface area contributed by atoms with Crippen LogP contribution < -0.4 is 23.8 Å². The number of ketones is 1. The number of ether oxygens (including phenoxy) is 4. The Labute approximate surface area is 165 Å². The Balaban J connectivity index is 1.94. The normalized spacial score (nSPS) is 12.7. The van der Waals surface area contributed by atoms with Crippen LogP contribution in [0, 0.1) is 0 Å². The Morgan fingerprint density at radius 2 is 2.00 bits per heavy atom. The summed E-state index contributed by atoms with van der Waals surface area (Å²) in [6.07, 6.45) is 1.80. The molecule has 1 aliphatic heterocycles. The molecule has 0 unspecified atom stereocenters. The molecule has 148 valence electrons. The van der Waals surface area contributed by atoms with E-state index in [1.807, 2.05) is 50.2 Å². The van der Waals surface area contributed by atoms with E-state index in [1.165, 1.54) is 0 Å². The average molecular weight is 383 g/mol. The van der Waals surface area contributed by atoms with Gasteiger partial charge in [0.1, 0.15) is 5.75 Å². The van der Waals surface area contributed by atoms with Crippen LogP contribution in [0.25, 0.3) is 6.08 Å². The molecule has 0 fully saturated rings. The summed E-state index contributed by atoms with van der Waals surface area (Å²) in [6, 6.07) is 9.14. The molecule has 0 saturated carbocycles. The topological polar surface area (TPSA) is 57.2 Å². The monoisotopic (exact) mass is 383 g/mol. The summed E-state index contributed by atoms with van der Waals surface area (Å²) in [6.45, 7) is 4.45. The molecule has 0 atom stereocenters. The van der Waals surface area contributed by atoms with Crippen LogP contribution in [0.5, 0.6) is 23.0 Å². The highest BCUT2D eigenvalue weighted by molar-refractivity contribution is 6.11. The molecular formula is C22H25NO5. The first-order valence-electron chi connectivity index (χ1n) is 9.10. The highest BCUT2D eigenvalue weighted by Gasteiger charge is 2.22. The number of fused-ring (bicyclic) bond motifs is 1. The van der Waals surface area contributed by atoms with Crippen LogP contribution in [-0.4, -0.2) is 40.4 Å². The summed E-state index contributed by atoms with van der Waals surface area (Å²) in [4.78, 5) is 14.9. The van der Waals surface area contributed by atoms with E-state index in [0.29, 0.717) is 35.0 Å². The van der Waals surface area contributed by atoms with Gasteiger partial charge < -0.3 is 23.8 Å². The van der Waals surface area contributed by atoms with E-state index in [2.05, 4.69) is 0 Å². The number of rotatable bonds is 7. The zero-order valence-corrected chi connectivity index (χ0v) is 16.9. The molecular weight excluding hydrogens is 358 g/mol. The number of Topliss-reactive ketones (excluding diaryl/α,β-unsaturated/α-hetero) is 1. The van der Waals surface area contributed by atoms with Crippen LogP contribution >= 0.6 is 0 Å². The summed E-state index contributed by atoms with van der Waals surface area (Å²) < 4.78 is 22.0. The second kappa shape index (κ2) is 8.25. The molecule has 2 aromatic carbocycles. The van der Waals surface area contributed by atoms with Gasteiger partial charge >= 0.3 is 0 Å². The van der Waals surface area contributed by atoms with Crippen LogP contribution in [-0.2, 0) is 0 Å². The molecule has 1 aliphatic rings. The summed E-state index contributed by atoms with van der Waals surface area (Å²) >= 11 is 0. The molecule has 1 heterocycles. The quantitative estimate of drug-likeness (QED) is 0.528. The lowest BCUT2D eigenvalue weighted by Crippen LogP contribution is -2.12. The predicted octanol–water partition coefficient (Wildman–Crippen LogP) is 4.17.